The lowest BCUT2D eigenvalue weighted by Crippen LogP contribution is -2.21. The zero-order valence-corrected chi connectivity index (χ0v) is 14.2. The number of unbranched alkanes of at least 4 members (excludes halogenated alkanes) is 1. The maximum Gasteiger partial charge on any atom is 0.243 e. The summed E-state index contributed by atoms with van der Waals surface area (Å²) >= 11 is 0. The smallest absolute Gasteiger partial charge is 0.243 e. The summed E-state index contributed by atoms with van der Waals surface area (Å²) in [6.45, 7) is 2.98. The normalized spacial score (nSPS) is 10.1. The molecule has 2 N–H and O–H groups in total. The molecule has 5 nitrogen and oxygen atoms in total. The third-order valence-corrected chi connectivity index (χ3v) is 3.41. The molecule has 0 aliphatic heterocycles. The number of rotatable bonds is 9. The van der Waals surface area contributed by atoms with E-state index in [1.165, 1.54) is 0 Å². The summed E-state index contributed by atoms with van der Waals surface area (Å²) in [4.78, 5) is 12.1. The SMILES string of the molecule is CCCCOc1cccc(NC(=O)CNc2cccc(OC)c2)c1. The number of anilines is 2. The van der Waals surface area contributed by atoms with Gasteiger partial charge in [0.05, 0.1) is 20.3 Å². The third-order valence-electron chi connectivity index (χ3n) is 3.41. The maximum atomic E-state index is 12.1. The van der Waals surface area contributed by atoms with Gasteiger partial charge in [0.15, 0.2) is 0 Å². The zero-order chi connectivity index (χ0) is 17.2. The van der Waals surface area contributed by atoms with Gasteiger partial charge in [-0.05, 0) is 30.7 Å². The van der Waals surface area contributed by atoms with Crippen LogP contribution in [0.2, 0.25) is 0 Å². The number of ether oxygens (including phenoxy) is 2. The van der Waals surface area contributed by atoms with Crippen LogP contribution in [0, 0.1) is 0 Å². The highest BCUT2D eigenvalue weighted by atomic mass is 16.5. The molecule has 0 heterocycles. The number of carbonyl (C=O) groups is 1. The molecule has 5 heteroatoms. The molecule has 128 valence electrons. The van der Waals surface area contributed by atoms with Crippen LogP contribution in [0.15, 0.2) is 48.5 Å². The highest BCUT2D eigenvalue weighted by Gasteiger charge is 2.04. The summed E-state index contributed by atoms with van der Waals surface area (Å²) in [5.74, 6) is 1.39. The summed E-state index contributed by atoms with van der Waals surface area (Å²) < 4.78 is 10.8. The Kier molecular flexibility index (Phi) is 6.95. The van der Waals surface area contributed by atoms with Crippen molar-refractivity contribution in [3.8, 4) is 11.5 Å². The van der Waals surface area contributed by atoms with E-state index in [4.69, 9.17) is 9.47 Å². The van der Waals surface area contributed by atoms with Gasteiger partial charge in [-0.25, -0.2) is 0 Å². The second-order valence-corrected chi connectivity index (χ2v) is 5.36. The topological polar surface area (TPSA) is 59.6 Å². The summed E-state index contributed by atoms with van der Waals surface area (Å²) in [6, 6.07) is 14.9. The van der Waals surface area contributed by atoms with Gasteiger partial charge in [-0.1, -0.05) is 25.5 Å². The first-order chi connectivity index (χ1) is 11.7. The standard InChI is InChI=1S/C19H24N2O3/c1-3-4-11-24-18-10-6-8-16(13-18)21-19(22)14-20-15-7-5-9-17(12-15)23-2/h5-10,12-13,20H,3-4,11,14H2,1-2H3,(H,21,22). The van der Waals surface area contributed by atoms with Crippen LogP contribution in [0.5, 0.6) is 11.5 Å². The van der Waals surface area contributed by atoms with Crippen LogP contribution in [0.3, 0.4) is 0 Å². The first kappa shape index (κ1) is 17.7. The fourth-order valence-corrected chi connectivity index (χ4v) is 2.12. The van der Waals surface area contributed by atoms with E-state index in [0.29, 0.717) is 6.61 Å². The fourth-order valence-electron chi connectivity index (χ4n) is 2.12. The average molecular weight is 328 g/mol. The Labute approximate surface area is 143 Å². The van der Waals surface area contributed by atoms with Gasteiger partial charge in [0.1, 0.15) is 11.5 Å². The van der Waals surface area contributed by atoms with E-state index in [0.717, 1.165) is 35.7 Å². The number of amides is 1. The quantitative estimate of drug-likeness (QED) is 0.685. The molecule has 0 aromatic heterocycles. The fraction of sp³-hybridized carbons (Fsp3) is 0.316. The number of nitrogens with one attached hydrogen (secondary N) is 2. The van der Waals surface area contributed by atoms with Crippen LogP contribution in [0.1, 0.15) is 19.8 Å². The van der Waals surface area contributed by atoms with E-state index in [2.05, 4.69) is 17.6 Å². The average Bonchev–Trinajstić information content (AvgIpc) is 2.61. The third kappa shape index (κ3) is 5.83. The molecule has 24 heavy (non-hydrogen) atoms. The second-order valence-electron chi connectivity index (χ2n) is 5.36. The molecule has 0 saturated heterocycles. The van der Waals surface area contributed by atoms with Gasteiger partial charge in [0, 0.05) is 23.5 Å². The minimum Gasteiger partial charge on any atom is -0.497 e. The molecule has 0 bridgehead atoms. The van der Waals surface area contributed by atoms with Gasteiger partial charge < -0.3 is 20.1 Å². The predicted octanol–water partition coefficient (Wildman–Crippen LogP) is 3.92. The molecule has 0 atom stereocenters. The summed E-state index contributed by atoms with van der Waals surface area (Å²) in [5.41, 5.74) is 1.56. The summed E-state index contributed by atoms with van der Waals surface area (Å²) in [5, 5.41) is 5.93. The number of hydrogen-bond acceptors (Lipinski definition) is 4. The van der Waals surface area contributed by atoms with Crippen LogP contribution in [-0.4, -0.2) is 26.2 Å². The first-order valence-corrected chi connectivity index (χ1v) is 8.12. The highest BCUT2D eigenvalue weighted by Crippen LogP contribution is 2.18. The summed E-state index contributed by atoms with van der Waals surface area (Å²) in [6.07, 6.45) is 2.10. The van der Waals surface area contributed by atoms with Gasteiger partial charge in [0.2, 0.25) is 5.91 Å². The van der Waals surface area contributed by atoms with Crippen LogP contribution < -0.4 is 20.1 Å². The van der Waals surface area contributed by atoms with Gasteiger partial charge in [-0.15, -0.1) is 0 Å². The van der Waals surface area contributed by atoms with Crippen molar-refractivity contribution in [1.29, 1.82) is 0 Å². The molecule has 0 fully saturated rings. The second kappa shape index (κ2) is 9.45. The number of carbonyl (C=O) groups excluding carboxylic acids is 1. The zero-order valence-electron chi connectivity index (χ0n) is 14.2. The Morgan fingerprint density at radius 2 is 1.75 bits per heavy atom. The molecule has 2 aromatic carbocycles. The highest BCUT2D eigenvalue weighted by molar-refractivity contribution is 5.93. The molecule has 2 rings (SSSR count). The van der Waals surface area contributed by atoms with Crippen molar-refractivity contribution in [3.63, 3.8) is 0 Å². The summed E-state index contributed by atoms with van der Waals surface area (Å²) in [7, 11) is 1.61. The minimum absolute atomic E-state index is 0.122. The van der Waals surface area contributed by atoms with Crippen molar-refractivity contribution >= 4 is 17.3 Å². The molecule has 0 aliphatic rings. The van der Waals surface area contributed by atoms with Crippen LogP contribution in [0.25, 0.3) is 0 Å². The molecule has 1 amide bonds. The van der Waals surface area contributed by atoms with E-state index >= 15 is 0 Å². The van der Waals surface area contributed by atoms with Crippen molar-refractivity contribution < 1.29 is 14.3 Å². The van der Waals surface area contributed by atoms with E-state index in [9.17, 15) is 4.79 Å². The van der Waals surface area contributed by atoms with Crippen molar-refractivity contribution in [2.75, 3.05) is 30.9 Å². The Bertz CT molecular complexity index is 659. The van der Waals surface area contributed by atoms with E-state index in [1.807, 2.05) is 48.5 Å². The van der Waals surface area contributed by atoms with E-state index in [-0.39, 0.29) is 12.5 Å². The van der Waals surface area contributed by atoms with Crippen LogP contribution in [-0.2, 0) is 4.79 Å². The molecular formula is C19H24N2O3. The number of methoxy groups -OCH3 is 1. The van der Waals surface area contributed by atoms with Crippen molar-refractivity contribution in [2.45, 2.75) is 19.8 Å². The molecule has 2 aromatic rings. The van der Waals surface area contributed by atoms with Gasteiger partial charge in [-0.3, -0.25) is 4.79 Å². The molecular weight excluding hydrogens is 304 g/mol. The largest absolute Gasteiger partial charge is 0.497 e. The lowest BCUT2D eigenvalue weighted by atomic mass is 10.3. The minimum atomic E-state index is -0.122. The van der Waals surface area contributed by atoms with Crippen LogP contribution >= 0.6 is 0 Å². The van der Waals surface area contributed by atoms with Crippen LogP contribution in [0.4, 0.5) is 11.4 Å². The van der Waals surface area contributed by atoms with Gasteiger partial charge in [-0.2, -0.15) is 0 Å². The Morgan fingerprint density at radius 1 is 1.04 bits per heavy atom. The van der Waals surface area contributed by atoms with E-state index in [1.54, 1.807) is 7.11 Å². The molecule has 0 spiro atoms. The lowest BCUT2D eigenvalue weighted by molar-refractivity contribution is -0.114. The monoisotopic (exact) mass is 328 g/mol. The van der Waals surface area contributed by atoms with Crippen molar-refractivity contribution in [2.24, 2.45) is 0 Å². The number of hydrogen-bond donors (Lipinski definition) is 2. The Morgan fingerprint density at radius 3 is 2.50 bits per heavy atom. The van der Waals surface area contributed by atoms with Crippen molar-refractivity contribution in [3.05, 3.63) is 48.5 Å². The van der Waals surface area contributed by atoms with E-state index < -0.39 is 0 Å². The first-order valence-electron chi connectivity index (χ1n) is 8.12. The molecule has 0 saturated carbocycles. The van der Waals surface area contributed by atoms with Crippen molar-refractivity contribution in [1.82, 2.24) is 0 Å². The number of benzene rings is 2. The molecule has 0 aliphatic carbocycles. The molecule has 0 unspecified atom stereocenters. The van der Waals surface area contributed by atoms with Gasteiger partial charge >= 0.3 is 0 Å². The lowest BCUT2D eigenvalue weighted by Gasteiger charge is -2.10. The maximum absolute atomic E-state index is 12.1. The molecule has 0 radical (unpaired) electrons. The predicted molar refractivity (Wildman–Crippen MR) is 97.0 cm³/mol. The Hall–Kier alpha value is -2.69. The van der Waals surface area contributed by atoms with Gasteiger partial charge in [0.25, 0.3) is 0 Å². The Balaban J connectivity index is 1.84.